The van der Waals surface area contributed by atoms with Gasteiger partial charge < -0.3 is 14.6 Å². The molecule has 0 atom stereocenters. The Labute approximate surface area is 193 Å². The van der Waals surface area contributed by atoms with Gasteiger partial charge in [0.15, 0.2) is 5.13 Å². The Morgan fingerprint density at radius 1 is 1.12 bits per heavy atom. The molecule has 2 aromatic rings. The maximum atomic E-state index is 13.5. The molecule has 32 heavy (non-hydrogen) atoms. The molecule has 2 amide bonds. The minimum atomic E-state index is -0.331. The molecule has 0 saturated heterocycles. The summed E-state index contributed by atoms with van der Waals surface area (Å²) in [4.78, 5) is 40.3. The van der Waals surface area contributed by atoms with Gasteiger partial charge in [0.05, 0.1) is 41.8 Å². The van der Waals surface area contributed by atoms with Crippen LogP contribution in [0.15, 0.2) is 12.5 Å². The summed E-state index contributed by atoms with van der Waals surface area (Å²) in [6.45, 7) is 2.11. The van der Waals surface area contributed by atoms with E-state index in [9.17, 15) is 9.59 Å². The van der Waals surface area contributed by atoms with Crippen molar-refractivity contribution in [2.24, 2.45) is 0 Å². The van der Waals surface area contributed by atoms with Crippen LogP contribution >= 0.6 is 11.3 Å². The lowest BCUT2D eigenvalue weighted by Gasteiger charge is -2.41. The fraction of sp³-hybridized carbons (Fsp3) is 0.652. The molecule has 2 heterocycles. The molecule has 0 spiro atoms. The molecule has 0 unspecified atom stereocenters. The summed E-state index contributed by atoms with van der Waals surface area (Å²) in [6.07, 6.45) is 14.9. The van der Waals surface area contributed by atoms with Crippen molar-refractivity contribution >= 4 is 28.5 Å². The third-order valence-electron chi connectivity index (χ3n) is 6.44. The molecule has 2 aliphatic rings. The van der Waals surface area contributed by atoms with Crippen LogP contribution in [-0.4, -0.2) is 50.5 Å². The van der Waals surface area contributed by atoms with E-state index in [2.05, 4.69) is 25.2 Å². The zero-order chi connectivity index (χ0) is 22.3. The minimum absolute atomic E-state index is 0.0589. The summed E-state index contributed by atoms with van der Waals surface area (Å²) in [5, 5.41) is 3.58. The minimum Gasteiger partial charge on any atom is -0.466 e. The highest BCUT2D eigenvalue weighted by atomic mass is 32.1. The maximum absolute atomic E-state index is 13.5. The van der Waals surface area contributed by atoms with Crippen molar-refractivity contribution in [3.05, 3.63) is 18.2 Å². The molecule has 174 valence electrons. The number of nitrogens with one attached hydrogen (secondary N) is 2. The summed E-state index contributed by atoms with van der Waals surface area (Å²) >= 11 is 1.37. The van der Waals surface area contributed by atoms with Crippen molar-refractivity contribution < 1.29 is 14.3 Å². The second-order valence-electron chi connectivity index (χ2n) is 8.66. The number of imidazole rings is 1. The smallest absolute Gasteiger partial charge is 0.324 e. The number of aromatic amines is 1. The predicted molar refractivity (Wildman–Crippen MR) is 125 cm³/mol. The molecule has 0 aliphatic heterocycles. The fourth-order valence-corrected chi connectivity index (χ4v) is 5.91. The molecular formula is C23H33N5O3S. The average Bonchev–Trinajstić information content (AvgIpc) is 3.46. The van der Waals surface area contributed by atoms with Gasteiger partial charge in [0.1, 0.15) is 0 Å². The van der Waals surface area contributed by atoms with Crippen LogP contribution in [0.5, 0.6) is 0 Å². The first kappa shape index (κ1) is 22.8. The van der Waals surface area contributed by atoms with Crippen molar-refractivity contribution in [3.63, 3.8) is 0 Å². The molecule has 2 fully saturated rings. The Bertz CT molecular complexity index is 868. The van der Waals surface area contributed by atoms with Crippen LogP contribution in [0.25, 0.3) is 10.6 Å². The SMILES string of the molecule is CCOC(=O)Cc1nc(NC(=O)N(C2CCCCC2)C2CCCCC2)sc1-c1cnc[nH]1. The van der Waals surface area contributed by atoms with Gasteiger partial charge in [0.2, 0.25) is 0 Å². The zero-order valence-electron chi connectivity index (χ0n) is 18.8. The van der Waals surface area contributed by atoms with Crippen LogP contribution in [0.1, 0.15) is 76.8 Å². The third kappa shape index (κ3) is 5.49. The number of rotatable bonds is 7. The number of hydrogen-bond donors (Lipinski definition) is 2. The molecule has 2 aromatic heterocycles. The molecule has 0 radical (unpaired) electrons. The van der Waals surface area contributed by atoms with Crippen LogP contribution in [0, 0.1) is 0 Å². The molecular weight excluding hydrogens is 426 g/mol. The average molecular weight is 460 g/mol. The molecule has 2 saturated carbocycles. The normalized spacial score (nSPS) is 17.8. The zero-order valence-corrected chi connectivity index (χ0v) is 19.6. The van der Waals surface area contributed by atoms with Crippen molar-refractivity contribution in [2.75, 3.05) is 11.9 Å². The number of carbonyl (C=O) groups is 2. The molecule has 2 aliphatic carbocycles. The van der Waals surface area contributed by atoms with Crippen molar-refractivity contribution in [3.8, 4) is 10.6 Å². The number of hydrogen-bond acceptors (Lipinski definition) is 6. The second-order valence-corrected chi connectivity index (χ2v) is 9.66. The molecule has 4 rings (SSSR count). The number of esters is 1. The Morgan fingerprint density at radius 2 is 1.78 bits per heavy atom. The van der Waals surface area contributed by atoms with Gasteiger partial charge in [-0.05, 0) is 32.6 Å². The van der Waals surface area contributed by atoms with Gasteiger partial charge >= 0.3 is 12.0 Å². The van der Waals surface area contributed by atoms with E-state index in [1.54, 1.807) is 19.4 Å². The van der Waals surface area contributed by atoms with E-state index in [1.165, 1.54) is 49.9 Å². The van der Waals surface area contributed by atoms with E-state index in [-0.39, 0.29) is 18.4 Å². The van der Waals surface area contributed by atoms with Crippen LogP contribution < -0.4 is 5.32 Å². The van der Waals surface area contributed by atoms with E-state index < -0.39 is 0 Å². The number of amides is 2. The van der Waals surface area contributed by atoms with Crippen molar-refractivity contribution in [2.45, 2.75) is 89.6 Å². The highest BCUT2D eigenvalue weighted by Gasteiger charge is 2.33. The maximum Gasteiger partial charge on any atom is 0.324 e. The van der Waals surface area contributed by atoms with Gasteiger partial charge in [-0.25, -0.2) is 14.8 Å². The predicted octanol–water partition coefficient (Wildman–Crippen LogP) is 5.14. The largest absolute Gasteiger partial charge is 0.466 e. The van der Waals surface area contributed by atoms with E-state index >= 15 is 0 Å². The van der Waals surface area contributed by atoms with E-state index in [1.807, 2.05) is 0 Å². The summed E-state index contributed by atoms with van der Waals surface area (Å²) in [6, 6.07) is 0.548. The Hall–Kier alpha value is -2.42. The van der Waals surface area contributed by atoms with Gasteiger partial charge in [-0.3, -0.25) is 10.1 Å². The molecule has 0 bridgehead atoms. The lowest BCUT2D eigenvalue weighted by Crippen LogP contribution is -2.50. The first-order chi connectivity index (χ1) is 15.7. The highest BCUT2D eigenvalue weighted by Crippen LogP contribution is 2.34. The molecule has 8 nitrogen and oxygen atoms in total. The van der Waals surface area contributed by atoms with Gasteiger partial charge in [-0.15, -0.1) is 0 Å². The number of H-pyrrole nitrogens is 1. The lowest BCUT2D eigenvalue weighted by atomic mass is 9.89. The van der Waals surface area contributed by atoms with Crippen molar-refractivity contribution in [1.82, 2.24) is 19.9 Å². The standard InChI is InChI=1S/C23H33N5O3S/c1-2-31-20(29)13-18-21(19-14-24-15-25-19)32-22(26-18)27-23(30)28(16-9-5-3-6-10-16)17-11-7-4-8-12-17/h14-17H,2-13H2,1H3,(H,24,25)(H,26,27,30). The lowest BCUT2D eigenvalue weighted by molar-refractivity contribution is -0.142. The first-order valence-corrected chi connectivity index (χ1v) is 12.7. The summed E-state index contributed by atoms with van der Waals surface area (Å²) in [5.41, 5.74) is 1.37. The summed E-state index contributed by atoms with van der Waals surface area (Å²) in [7, 11) is 0. The van der Waals surface area contributed by atoms with Crippen LogP contribution in [0.4, 0.5) is 9.93 Å². The van der Waals surface area contributed by atoms with Gasteiger partial charge in [-0.1, -0.05) is 49.9 Å². The monoisotopic (exact) mass is 459 g/mol. The Balaban J connectivity index is 1.55. The highest BCUT2D eigenvalue weighted by molar-refractivity contribution is 7.19. The van der Waals surface area contributed by atoms with E-state index in [0.717, 1.165) is 36.3 Å². The summed E-state index contributed by atoms with van der Waals surface area (Å²) < 4.78 is 5.11. The first-order valence-electron chi connectivity index (χ1n) is 11.9. The topological polar surface area (TPSA) is 100 Å². The van der Waals surface area contributed by atoms with Gasteiger partial charge in [0.25, 0.3) is 0 Å². The molecule has 9 heteroatoms. The number of aromatic nitrogens is 3. The van der Waals surface area contributed by atoms with E-state index in [4.69, 9.17) is 4.74 Å². The number of anilines is 1. The quantitative estimate of drug-likeness (QED) is 0.559. The van der Waals surface area contributed by atoms with Crippen LogP contribution in [0.3, 0.4) is 0 Å². The number of carbonyl (C=O) groups excluding carboxylic acids is 2. The Morgan fingerprint density at radius 3 is 2.34 bits per heavy atom. The number of nitrogens with zero attached hydrogens (tertiary/aromatic N) is 3. The van der Waals surface area contributed by atoms with Crippen molar-refractivity contribution in [1.29, 1.82) is 0 Å². The number of ether oxygens (including phenoxy) is 1. The Kier molecular flexibility index (Phi) is 7.78. The molecule has 2 N–H and O–H groups in total. The second kappa shape index (κ2) is 10.9. The summed E-state index contributed by atoms with van der Waals surface area (Å²) in [5.74, 6) is -0.331. The molecule has 0 aromatic carbocycles. The number of thiazole rings is 1. The van der Waals surface area contributed by atoms with Gasteiger partial charge in [0, 0.05) is 12.1 Å². The van der Waals surface area contributed by atoms with Gasteiger partial charge in [-0.2, -0.15) is 0 Å². The fourth-order valence-electron chi connectivity index (χ4n) is 4.97. The van der Waals surface area contributed by atoms with Crippen LogP contribution in [-0.2, 0) is 16.0 Å². The van der Waals surface area contributed by atoms with E-state index in [0.29, 0.717) is 29.5 Å². The number of urea groups is 1. The van der Waals surface area contributed by atoms with Crippen LogP contribution in [0.2, 0.25) is 0 Å². The third-order valence-corrected chi connectivity index (χ3v) is 7.49.